The Morgan fingerprint density at radius 3 is 1.91 bits per heavy atom. The van der Waals surface area contributed by atoms with Gasteiger partial charge in [-0.1, -0.05) is 82.3 Å². The Kier molecular flexibility index (Phi) is 8.65. The van der Waals surface area contributed by atoms with E-state index in [0.717, 1.165) is 39.9 Å². The topological polar surface area (TPSA) is 75.8 Å². The third-order valence-corrected chi connectivity index (χ3v) is 7.42. The summed E-state index contributed by atoms with van der Waals surface area (Å²) in [5, 5.41) is 6.07. The fourth-order valence-electron chi connectivity index (χ4n) is 4.29. The number of nitrogens with zero attached hydrogens (tertiary/aromatic N) is 2. The number of amides is 1. The summed E-state index contributed by atoms with van der Waals surface area (Å²) in [6.07, 6.45) is 0.0724. The van der Waals surface area contributed by atoms with Crippen LogP contribution in [0.2, 0.25) is 0 Å². The highest BCUT2D eigenvalue weighted by molar-refractivity contribution is 7.91. The van der Waals surface area contributed by atoms with Gasteiger partial charge >= 0.3 is 0 Å². The van der Waals surface area contributed by atoms with Crippen molar-refractivity contribution in [1.82, 2.24) is 4.90 Å². The molecule has 0 saturated carbocycles. The molecular formula is C29H37N3O2S. The largest absolute Gasteiger partial charge is 0.305 e. The Hall–Kier alpha value is -2.80. The second-order valence-electron chi connectivity index (χ2n) is 9.92. The first-order valence-electron chi connectivity index (χ1n) is 12.0. The number of rotatable bonds is 8. The first kappa shape index (κ1) is 26.8. The van der Waals surface area contributed by atoms with Crippen LogP contribution in [0.5, 0.6) is 0 Å². The molecule has 186 valence electrons. The molecule has 3 aromatic carbocycles. The number of hydrogen-bond acceptors (Lipinski definition) is 3. The zero-order valence-corrected chi connectivity index (χ0v) is 22.4. The molecule has 0 aliphatic heterocycles. The zero-order valence-electron chi connectivity index (χ0n) is 21.6. The van der Waals surface area contributed by atoms with Crippen molar-refractivity contribution in [2.75, 3.05) is 14.1 Å². The van der Waals surface area contributed by atoms with E-state index >= 15 is 0 Å². The van der Waals surface area contributed by atoms with Gasteiger partial charge in [-0.05, 0) is 71.4 Å². The van der Waals surface area contributed by atoms with Gasteiger partial charge in [0.15, 0.2) is 0 Å². The van der Waals surface area contributed by atoms with Crippen molar-refractivity contribution in [3.8, 4) is 11.1 Å². The summed E-state index contributed by atoms with van der Waals surface area (Å²) >= 11 is 0. The van der Waals surface area contributed by atoms with Crippen LogP contribution < -0.4 is 5.14 Å². The Morgan fingerprint density at radius 2 is 1.43 bits per heavy atom. The third kappa shape index (κ3) is 6.88. The van der Waals surface area contributed by atoms with Gasteiger partial charge in [0.1, 0.15) is 9.92 Å². The SMILES string of the molecule is CC(C)c1cc(-c2ccccc2)cc(C(C)C)c1CC(=O)N=S(N)(=O)c1ccc(CN(C)C)cc1. The molecule has 2 N–H and O–H groups in total. The average molecular weight is 492 g/mol. The number of nitrogens with two attached hydrogens (primary N) is 1. The van der Waals surface area contributed by atoms with Crippen molar-refractivity contribution in [2.24, 2.45) is 9.50 Å². The van der Waals surface area contributed by atoms with Crippen LogP contribution in [-0.4, -0.2) is 29.1 Å². The van der Waals surface area contributed by atoms with Crippen LogP contribution in [0.1, 0.15) is 61.8 Å². The lowest BCUT2D eigenvalue weighted by atomic mass is 9.84. The Bertz CT molecular complexity index is 1260. The normalized spacial score (nSPS) is 13.3. The van der Waals surface area contributed by atoms with Crippen LogP contribution in [0, 0.1) is 0 Å². The van der Waals surface area contributed by atoms with E-state index in [2.05, 4.69) is 56.3 Å². The summed E-state index contributed by atoms with van der Waals surface area (Å²) in [5.74, 6) is -0.0398. The van der Waals surface area contributed by atoms with Gasteiger partial charge < -0.3 is 4.90 Å². The van der Waals surface area contributed by atoms with Gasteiger partial charge in [-0.3, -0.25) is 4.79 Å². The van der Waals surface area contributed by atoms with Crippen molar-refractivity contribution in [2.45, 2.75) is 57.4 Å². The van der Waals surface area contributed by atoms with Crippen molar-refractivity contribution in [1.29, 1.82) is 0 Å². The molecule has 0 bridgehead atoms. The average Bonchev–Trinajstić information content (AvgIpc) is 2.79. The predicted molar refractivity (Wildman–Crippen MR) is 146 cm³/mol. The molecule has 35 heavy (non-hydrogen) atoms. The Labute approximate surface area is 210 Å². The molecular weight excluding hydrogens is 454 g/mol. The van der Waals surface area contributed by atoms with Crippen LogP contribution in [0.3, 0.4) is 0 Å². The summed E-state index contributed by atoms with van der Waals surface area (Å²) in [7, 11) is 0.636. The molecule has 0 fully saturated rings. The van der Waals surface area contributed by atoms with Gasteiger partial charge in [0.25, 0.3) is 5.91 Å². The number of carbonyl (C=O) groups is 1. The van der Waals surface area contributed by atoms with Gasteiger partial charge in [-0.15, -0.1) is 4.36 Å². The van der Waals surface area contributed by atoms with Crippen LogP contribution in [0.4, 0.5) is 0 Å². The van der Waals surface area contributed by atoms with Crippen molar-refractivity contribution < 1.29 is 9.00 Å². The smallest absolute Gasteiger partial charge is 0.259 e. The molecule has 0 aliphatic carbocycles. The quantitative estimate of drug-likeness (QED) is 0.412. The highest BCUT2D eigenvalue weighted by atomic mass is 32.2. The minimum absolute atomic E-state index is 0.0724. The minimum Gasteiger partial charge on any atom is -0.305 e. The fraction of sp³-hybridized carbons (Fsp3) is 0.345. The first-order valence-corrected chi connectivity index (χ1v) is 13.6. The number of benzene rings is 3. The van der Waals surface area contributed by atoms with Crippen LogP contribution in [0.25, 0.3) is 11.1 Å². The molecule has 0 heterocycles. The lowest BCUT2D eigenvalue weighted by molar-refractivity contribution is -0.117. The molecule has 1 amide bonds. The van der Waals surface area contributed by atoms with E-state index in [0.29, 0.717) is 4.90 Å². The maximum absolute atomic E-state index is 13.2. The summed E-state index contributed by atoms with van der Waals surface area (Å²) in [6, 6.07) is 21.7. The van der Waals surface area contributed by atoms with Gasteiger partial charge in [0.05, 0.1) is 11.3 Å². The summed E-state index contributed by atoms with van der Waals surface area (Å²) in [5.41, 5.74) is 6.51. The van der Waals surface area contributed by atoms with E-state index in [9.17, 15) is 9.00 Å². The lowest BCUT2D eigenvalue weighted by Crippen LogP contribution is -2.17. The standard InChI is InChI=1S/C29H37N3O2S/c1-20(2)26-16-24(23-10-8-7-9-11-23)17-27(21(3)4)28(26)18-29(33)31-35(30,34)25-14-12-22(13-15-25)19-32(5)6/h7-17,20-21H,18-19H2,1-6H3,(H2,30,31,33,34). The molecule has 0 saturated heterocycles. The Balaban J connectivity index is 1.98. The molecule has 1 atom stereocenters. The highest BCUT2D eigenvalue weighted by Crippen LogP contribution is 2.34. The van der Waals surface area contributed by atoms with Gasteiger partial charge in [0.2, 0.25) is 0 Å². The lowest BCUT2D eigenvalue weighted by Gasteiger charge is -2.21. The number of carbonyl (C=O) groups excluding carboxylic acids is 1. The summed E-state index contributed by atoms with van der Waals surface area (Å²) in [6.45, 7) is 9.26. The van der Waals surface area contributed by atoms with Gasteiger partial charge in [0, 0.05) is 6.54 Å². The van der Waals surface area contributed by atoms with Crippen molar-refractivity contribution >= 4 is 15.8 Å². The first-order chi connectivity index (χ1) is 16.5. The second kappa shape index (κ2) is 11.3. The predicted octanol–water partition coefficient (Wildman–Crippen LogP) is 6.13. The van der Waals surface area contributed by atoms with Gasteiger partial charge in [-0.25, -0.2) is 9.35 Å². The van der Waals surface area contributed by atoms with E-state index in [1.807, 2.05) is 49.3 Å². The summed E-state index contributed by atoms with van der Waals surface area (Å²) in [4.78, 5) is 15.5. The summed E-state index contributed by atoms with van der Waals surface area (Å²) < 4.78 is 17.2. The Morgan fingerprint density at radius 1 is 0.886 bits per heavy atom. The molecule has 3 aromatic rings. The number of hydrogen-bond donors (Lipinski definition) is 1. The molecule has 1 unspecified atom stereocenters. The van der Waals surface area contributed by atoms with E-state index in [-0.39, 0.29) is 18.3 Å². The second-order valence-corrected chi connectivity index (χ2v) is 11.7. The molecule has 0 aliphatic rings. The van der Waals surface area contributed by atoms with Crippen LogP contribution in [-0.2, 0) is 27.7 Å². The minimum atomic E-state index is -3.33. The maximum atomic E-state index is 13.2. The van der Waals surface area contributed by atoms with E-state index in [1.54, 1.807) is 12.1 Å². The monoisotopic (exact) mass is 491 g/mol. The molecule has 5 nitrogen and oxygen atoms in total. The third-order valence-electron chi connectivity index (χ3n) is 6.00. The molecule has 0 aromatic heterocycles. The van der Waals surface area contributed by atoms with Crippen LogP contribution in [0.15, 0.2) is 76.0 Å². The van der Waals surface area contributed by atoms with Crippen LogP contribution >= 0.6 is 0 Å². The van der Waals surface area contributed by atoms with E-state index in [1.165, 1.54) is 0 Å². The maximum Gasteiger partial charge on any atom is 0.259 e. The molecule has 3 rings (SSSR count). The fourth-order valence-corrected chi connectivity index (χ4v) is 5.29. The van der Waals surface area contributed by atoms with Crippen molar-refractivity contribution in [3.63, 3.8) is 0 Å². The highest BCUT2D eigenvalue weighted by Gasteiger charge is 2.20. The van der Waals surface area contributed by atoms with E-state index in [4.69, 9.17) is 5.14 Å². The zero-order chi connectivity index (χ0) is 25.8. The van der Waals surface area contributed by atoms with Crippen molar-refractivity contribution in [3.05, 3.63) is 89.0 Å². The molecule has 0 radical (unpaired) electrons. The van der Waals surface area contributed by atoms with Gasteiger partial charge in [-0.2, -0.15) is 0 Å². The molecule has 0 spiro atoms. The van der Waals surface area contributed by atoms with E-state index < -0.39 is 15.8 Å². The molecule has 6 heteroatoms.